The molecule has 2 unspecified atom stereocenters. The average molecular weight is 318 g/mol. The Bertz CT molecular complexity index is 536. The molecule has 0 spiro atoms. The van der Waals surface area contributed by atoms with Crippen molar-refractivity contribution in [1.82, 2.24) is 10.2 Å². The lowest BCUT2D eigenvalue weighted by Crippen LogP contribution is -2.55. The van der Waals surface area contributed by atoms with Crippen LogP contribution in [0, 0.1) is 6.92 Å². The number of benzene rings is 1. The summed E-state index contributed by atoms with van der Waals surface area (Å²) in [5.74, 6) is 0. The van der Waals surface area contributed by atoms with E-state index in [0.717, 1.165) is 25.9 Å². The van der Waals surface area contributed by atoms with Crippen molar-refractivity contribution < 1.29 is 9.53 Å². The molecule has 1 aromatic rings. The smallest absolute Gasteiger partial charge is 0.410 e. The molecule has 23 heavy (non-hydrogen) atoms. The Morgan fingerprint density at radius 2 is 2.04 bits per heavy atom. The highest BCUT2D eigenvalue weighted by molar-refractivity contribution is 5.68. The van der Waals surface area contributed by atoms with Gasteiger partial charge in [0.05, 0.1) is 0 Å². The normalized spacial score (nSPS) is 22.0. The fourth-order valence-electron chi connectivity index (χ4n) is 3.04. The molecule has 1 saturated heterocycles. The van der Waals surface area contributed by atoms with E-state index >= 15 is 0 Å². The molecule has 1 fully saturated rings. The minimum atomic E-state index is -0.446. The van der Waals surface area contributed by atoms with E-state index in [1.165, 1.54) is 11.1 Å². The molecule has 0 bridgehead atoms. The number of hydrogen-bond donors (Lipinski definition) is 1. The number of piperidine rings is 1. The van der Waals surface area contributed by atoms with E-state index in [0.29, 0.717) is 6.04 Å². The van der Waals surface area contributed by atoms with Crippen molar-refractivity contribution >= 4 is 6.09 Å². The van der Waals surface area contributed by atoms with Crippen LogP contribution >= 0.6 is 0 Å². The molecule has 1 amide bonds. The third kappa shape index (κ3) is 4.96. The SMILES string of the molecule is Cc1ccccc1CNC1CCCN(C(=O)OC(C)(C)C)C1C. The third-order valence-corrected chi connectivity index (χ3v) is 4.43. The molecule has 128 valence electrons. The zero-order valence-corrected chi connectivity index (χ0v) is 15.1. The lowest BCUT2D eigenvalue weighted by Gasteiger charge is -2.40. The fraction of sp³-hybridized carbons (Fsp3) is 0.632. The summed E-state index contributed by atoms with van der Waals surface area (Å²) >= 11 is 0. The van der Waals surface area contributed by atoms with Gasteiger partial charge in [0.15, 0.2) is 0 Å². The van der Waals surface area contributed by atoms with Crippen molar-refractivity contribution in [3.8, 4) is 0 Å². The summed E-state index contributed by atoms with van der Waals surface area (Å²) in [7, 11) is 0. The van der Waals surface area contributed by atoms with Gasteiger partial charge in [-0.05, 0) is 58.6 Å². The van der Waals surface area contributed by atoms with E-state index < -0.39 is 5.60 Å². The topological polar surface area (TPSA) is 41.6 Å². The number of nitrogens with zero attached hydrogens (tertiary/aromatic N) is 1. The molecule has 0 aliphatic carbocycles. The number of nitrogens with one attached hydrogen (secondary N) is 1. The van der Waals surface area contributed by atoms with Crippen molar-refractivity contribution in [3.05, 3.63) is 35.4 Å². The van der Waals surface area contributed by atoms with Crippen molar-refractivity contribution in [2.45, 2.75) is 71.7 Å². The predicted molar refractivity (Wildman–Crippen MR) is 93.4 cm³/mol. The maximum absolute atomic E-state index is 12.4. The molecule has 1 aliphatic heterocycles. The second-order valence-corrected chi connectivity index (χ2v) is 7.47. The summed E-state index contributed by atoms with van der Waals surface area (Å²) in [4.78, 5) is 14.2. The Hall–Kier alpha value is -1.55. The van der Waals surface area contributed by atoms with E-state index in [2.05, 4.69) is 43.4 Å². The van der Waals surface area contributed by atoms with E-state index in [1.54, 1.807) is 0 Å². The summed E-state index contributed by atoms with van der Waals surface area (Å²) in [5, 5.41) is 3.63. The molecule has 2 rings (SSSR count). The average Bonchev–Trinajstić information content (AvgIpc) is 2.46. The molecule has 0 aromatic heterocycles. The Kier molecular flexibility index (Phi) is 5.69. The number of aryl methyl sites for hydroxylation is 1. The van der Waals surface area contributed by atoms with Crippen LogP contribution < -0.4 is 5.32 Å². The Balaban J connectivity index is 1.95. The van der Waals surface area contributed by atoms with Crippen LogP contribution in [0.1, 0.15) is 51.7 Å². The maximum Gasteiger partial charge on any atom is 0.410 e. The van der Waals surface area contributed by atoms with Gasteiger partial charge >= 0.3 is 6.09 Å². The van der Waals surface area contributed by atoms with Crippen LogP contribution in [0.15, 0.2) is 24.3 Å². The van der Waals surface area contributed by atoms with Gasteiger partial charge in [0, 0.05) is 25.2 Å². The lowest BCUT2D eigenvalue weighted by atomic mass is 9.97. The number of rotatable bonds is 3. The first kappa shape index (κ1) is 17.8. The van der Waals surface area contributed by atoms with Crippen molar-refractivity contribution in [2.75, 3.05) is 6.54 Å². The molecule has 0 radical (unpaired) electrons. The summed E-state index contributed by atoms with van der Waals surface area (Å²) in [6, 6.07) is 8.86. The predicted octanol–water partition coefficient (Wildman–Crippen LogP) is 3.87. The molecule has 1 heterocycles. The Labute approximate surface area is 140 Å². The number of likely N-dealkylation sites (tertiary alicyclic amines) is 1. The van der Waals surface area contributed by atoms with Gasteiger partial charge in [-0.2, -0.15) is 0 Å². The van der Waals surface area contributed by atoms with Gasteiger partial charge in [0.1, 0.15) is 5.60 Å². The van der Waals surface area contributed by atoms with Gasteiger partial charge in [0.2, 0.25) is 0 Å². The highest BCUT2D eigenvalue weighted by atomic mass is 16.6. The number of ether oxygens (including phenoxy) is 1. The van der Waals surface area contributed by atoms with Crippen LogP contribution in [-0.4, -0.2) is 35.2 Å². The molecule has 4 nitrogen and oxygen atoms in total. The molecule has 4 heteroatoms. The number of carbonyl (C=O) groups is 1. The Morgan fingerprint density at radius 3 is 2.70 bits per heavy atom. The minimum absolute atomic E-state index is 0.141. The van der Waals surface area contributed by atoms with E-state index in [-0.39, 0.29) is 12.1 Å². The first-order valence-electron chi connectivity index (χ1n) is 8.55. The van der Waals surface area contributed by atoms with Crippen LogP contribution in [0.3, 0.4) is 0 Å². The second kappa shape index (κ2) is 7.35. The van der Waals surface area contributed by atoms with Gasteiger partial charge in [-0.15, -0.1) is 0 Å². The van der Waals surface area contributed by atoms with E-state index in [4.69, 9.17) is 4.74 Å². The second-order valence-electron chi connectivity index (χ2n) is 7.47. The number of amides is 1. The summed E-state index contributed by atoms with van der Waals surface area (Å²) < 4.78 is 5.54. The summed E-state index contributed by atoms with van der Waals surface area (Å²) in [6.07, 6.45) is 1.90. The molecular formula is C19H30N2O2. The molecular weight excluding hydrogens is 288 g/mol. The van der Waals surface area contributed by atoms with Gasteiger partial charge in [-0.3, -0.25) is 0 Å². The molecule has 1 N–H and O–H groups in total. The molecule has 0 saturated carbocycles. The largest absolute Gasteiger partial charge is 0.444 e. The monoisotopic (exact) mass is 318 g/mol. The maximum atomic E-state index is 12.4. The fourth-order valence-corrected chi connectivity index (χ4v) is 3.04. The number of carbonyl (C=O) groups excluding carboxylic acids is 1. The van der Waals surface area contributed by atoms with Crippen LogP contribution in [0.5, 0.6) is 0 Å². The van der Waals surface area contributed by atoms with E-state index in [9.17, 15) is 4.79 Å². The third-order valence-electron chi connectivity index (χ3n) is 4.43. The van der Waals surface area contributed by atoms with Gasteiger partial charge in [0.25, 0.3) is 0 Å². The van der Waals surface area contributed by atoms with Gasteiger partial charge < -0.3 is 15.0 Å². The Morgan fingerprint density at radius 1 is 1.35 bits per heavy atom. The highest BCUT2D eigenvalue weighted by Crippen LogP contribution is 2.21. The number of hydrogen-bond acceptors (Lipinski definition) is 3. The van der Waals surface area contributed by atoms with Crippen molar-refractivity contribution in [2.24, 2.45) is 0 Å². The van der Waals surface area contributed by atoms with Crippen LogP contribution in [0.4, 0.5) is 4.79 Å². The molecule has 1 aromatic carbocycles. The van der Waals surface area contributed by atoms with E-state index in [1.807, 2.05) is 25.7 Å². The zero-order chi connectivity index (χ0) is 17.0. The van der Waals surface area contributed by atoms with Gasteiger partial charge in [-0.25, -0.2) is 4.79 Å². The summed E-state index contributed by atoms with van der Waals surface area (Å²) in [6.45, 7) is 11.6. The minimum Gasteiger partial charge on any atom is -0.444 e. The first-order chi connectivity index (χ1) is 10.8. The van der Waals surface area contributed by atoms with Crippen LogP contribution in [-0.2, 0) is 11.3 Å². The van der Waals surface area contributed by atoms with Crippen LogP contribution in [0.25, 0.3) is 0 Å². The first-order valence-corrected chi connectivity index (χ1v) is 8.55. The van der Waals surface area contributed by atoms with Gasteiger partial charge in [-0.1, -0.05) is 24.3 Å². The highest BCUT2D eigenvalue weighted by Gasteiger charge is 2.33. The molecule has 1 aliphatic rings. The quantitative estimate of drug-likeness (QED) is 0.920. The standard InChI is InChI=1S/C19H30N2O2/c1-14-9-6-7-10-16(14)13-20-17-11-8-12-21(15(17)2)18(22)23-19(3,4)5/h6-7,9-10,15,17,20H,8,11-13H2,1-5H3. The summed E-state index contributed by atoms with van der Waals surface area (Å²) in [5.41, 5.74) is 2.17. The lowest BCUT2D eigenvalue weighted by molar-refractivity contribution is 0.00698. The van der Waals surface area contributed by atoms with Crippen LogP contribution in [0.2, 0.25) is 0 Å². The van der Waals surface area contributed by atoms with Crippen molar-refractivity contribution in [1.29, 1.82) is 0 Å². The van der Waals surface area contributed by atoms with Crippen molar-refractivity contribution in [3.63, 3.8) is 0 Å². The molecule has 2 atom stereocenters. The zero-order valence-electron chi connectivity index (χ0n) is 15.1.